The first-order valence-corrected chi connectivity index (χ1v) is 35.5. The van der Waals surface area contributed by atoms with Gasteiger partial charge >= 0.3 is 0 Å². The highest BCUT2D eigenvalue weighted by molar-refractivity contribution is 7.02. The van der Waals surface area contributed by atoms with Crippen LogP contribution in [0.25, 0.3) is 0 Å². The van der Waals surface area contributed by atoms with E-state index in [0.717, 1.165) is 202 Å². The molecule has 13 aromatic rings. The first-order valence-electron chi connectivity index (χ1n) is 35.5. The van der Waals surface area contributed by atoms with Crippen LogP contribution in [0.1, 0.15) is 66.8 Å². The Labute approximate surface area is 597 Å². The lowest BCUT2D eigenvalue weighted by Crippen LogP contribution is -2.63. The normalized spacial score (nSPS) is 13.1. The van der Waals surface area contributed by atoms with Crippen LogP contribution >= 0.6 is 0 Å². The van der Waals surface area contributed by atoms with E-state index in [2.05, 4.69) is 316 Å². The molecule has 0 amide bonds. The summed E-state index contributed by atoms with van der Waals surface area (Å²) >= 11 is 0. The Kier molecular flexibility index (Phi) is 13.8. The van der Waals surface area contributed by atoms with Crippen molar-refractivity contribution in [3.8, 4) is 69.0 Å². The van der Waals surface area contributed by atoms with E-state index in [1.165, 1.54) is 0 Å². The maximum absolute atomic E-state index is 7.61. The third-order valence-corrected chi connectivity index (χ3v) is 22.2. The van der Waals surface area contributed by atoms with Gasteiger partial charge in [-0.05, 0) is 195 Å². The zero-order chi connectivity index (χ0) is 69.4. The summed E-state index contributed by atoms with van der Waals surface area (Å²) in [4.78, 5) is 7.22. The fourth-order valence-corrected chi connectivity index (χ4v) is 17.8. The van der Waals surface area contributed by atoms with Crippen LogP contribution in [0.3, 0.4) is 0 Å². The number of ether oxygens (including phenoxy) is 6. The molecule has 0 saturated heterocycles. The molecule has 492 valence electrons. The Bertz CT molecular complexity index is 5270. The lowest BCUT2D eigenvalue weighted by molar-refractivity contribution is 0.448. The highest BCUT2D eigenvalue weighted by Crippen LogP contribution is 2.52. The predicted octanol–water partition coefficient (Wildman–Crippen LogP) is 18.0. The Morgan fingerprint density at radius 3 is 0.608 bits per heavy atom. The van der Waals surface area contributed by atoms with E-state index >= 15 is 0 Å². The van der Waals surface area contributed by atoms with Gasteiger partial charge in [-0.3, -0.25) is 0 Å². The monoisotopic (exact) mass is 1320 g/mol. The van der Waals surface area contributed by atoms with Crippen molar-refractivity contribution in [2.24, 2.45) is 0 Å². The lowest BCUT2D eigenvalue weighted by atomic mass is 9.30. The van der Waals surface area contributed by atoms with Gasteiger partial charge in [-0.2, -0.15) is 0 Å². The van der Waals surface area contributed by atoms with Gasteiger partial charge in [0.25, 0.3) is 20.1 Å². The maximum atomic E-state index is 7.61. The van der Waals surface area contributed by atoms with Crippen molar-refractivity contribution in [3.05, 3.63) is 285 Å². The number of fused-ring (bicyclic) bond motifs is 12. The second kappa shape index (κ2) is 22.9. The second-order valence-electron chi connectivity index (χ2n) is 28.9. The van der Waals surface area contributed by atoms with E-state index in [4.69, 9.17) is 28.4 Å². The minimum atomic E-state index is -0.385. The fourth-order valence-electron chi connectivity index (χ4n) is 17.8. The van der Waals surface area contributed by atoms with Crippen LogP contribution in [0.4, 0.5) is 51.2 Å². The number of para-hydroxylation sites is 8. The van der Waals surface area contributed by atoms with Crippen molar-refractivity contribution < 1.29 is 28.4 Å². The highest BCUT2D eigenvalue weighted by atomic mass is 16.5. The molecule has 102 heavy (non-hydrogen) atoms. The molecule has 0 unspecified atom stereocenters. The summed E-state index contributed by atoms with van der Waals surface area (Å²) < 4.78 is 44.6. The van der Waals surface area contributed by atoms with Gasteiger partial charge in [0.05, 0.1) is 51.2 Å². The van der Waals surface area contributed by atoms with E-state index in [9.17, 15) is 0 Å². The van der Waals surface area contributed by atoms with Crippen LogP contribution in [0.5, 0.6) is 69.0 Å². The minimum absolute atomic E-state index is 0.265. The molecule has 9 nitrogen and oxygen atoms in total. The fraction of sp³-hybridized carbons (Fsp3) is 0.133. The minimum Gasteiger partial charge on any atom is -0.458 e. The standard InChI is InChI=1S/C90H72B3N3O6/c1-49-23-17-24-50(2)85(49)94(86-51(3)25-18-26-52(86)4)61-39-76-82-78(41-61)99-72-47-74-68(45-66(72)91(82)64-35-13-15-37-70(64)97-76)93-69-46-67-73(48-75(69)102-81-44-63(43-80(101-74)84(81)93)96(89-57(9)31-21-32-58(89)10)90-59(11)33-22-34-60(90)12)100-79-42-62(40-77-83(79)92(67)65-36-14-16-38-71(65)98-77)95(87-53(5)27-19-28-54(87)6)88-55(7)29-20-30-56(88)8/h13-48H,1-12H3. The molecule has 0 saturated carbocycles. The SMILES string of the molecule is Cc1cccc(C)c1N(c1cc2c3c(c1)Oc1cc4c(cc1B3c1ccccc1O2)B1c2cc3c(cc2Oc2cc(N(c5c(C)cccc5C)c5c(C)cccc5C)cc(c21)O4)Oc1cc(N(c2c(C)cccc2C)c2c(C)cccc2C)cc2c1B3c1ccccc1O2)c1c(C)cccc1C. The number of hydrogen-bond donors (Lipinski definition) is 0. The van der Waals surface area contributed by atoms with Gasteiger partial charge in [-0.1, -0.05) is 158 Å². The van der Waals surface area contributed by atoms with Crippen molar-refractivity contribution in [2.75, 3.05) is 14.7 Å². The Morgan fingerprint density at radius 2 is 0.382 bits per heavy atom. The Balaban J connectivity index is 0.832. The molecule has 13 aromatic carbocycles. The van der Waals surface area contributed by atoms with Crippen LogP contribution < -0.4 is 92.3 Å². The molecule has 6 heterocycles. The largest absolute Gasteiger partial charge is 0.458 e. The van der Waals surface area contributed by atoms with Crippen molar-refractivity contribution in [1.29, 1.82) is 0 Å². The zero-order valence-corrected chi connectivity index (χ0v) is 59.3. The van der Waals surface area contributed by atoms with Gasteiger partial charge in [0, 0.05) is 64.9 Å². The summed E-state index contributed by atoms with van der Waals surface area (Å²) in [6.45, 7) is 25.4. The van der Waals surface area contributed by atoms with Crippen molar-refractivity contribution in [3.63, 3.8) is 0 Å². The predicted molar refractivity (Wildman–Crippen MR) is 420 cm³/mol. The maximum Gasteiger partial charge on any atom is 0.260 e. The third kappa shape index (κ3) is 9.20. The quantitative estimate of drug-likeness (QED) is 0.132. The van der Waals surface area contributed by atoms with E-state index < -0.39 is 0 Å². The van der Waals surface area contributed by atoms with Crippen LogP contribution in [-0.4, -0.2) is 20.1 Å². The summed E-state index contributed by atoms with van der Waals surface area (Å²) in [6, 6.07) is 78.6. The average Bonchev–Trinajstić information content (AvgIpc) is 0.700. The average molecular weight is 1320 g/mol. The van der Waals surface area contributed by atoms with Crippen molar-refractivity contribution in [1.82, 2.24) is 0 Å². The van der Waals surface area contributed by atoms with Gasteiger partial charge in [0.1, 0.15) is 69.0 Å². The van der Waals surface area contributed by atoms with Gasteiger partial charge in [0.2, 0.25) is 0 Å². The molecule has 0 fully saturated rings. The molecule has 6 aliphatic heterocycles. The summed E-state index contributed by atoms with van der Waals surface area (Å²) in [6.07, 6.45) is 0. The number of hydrogen-bond acceptors (Lipinski definition) is 9. The first kappa shape index (κ1) is 61.4. The molecule has 0 bridgehead atoms. The molecule has 19 rings (SSSR count). The van der Waals surface area contributed by atoms with Crippen molar-refractivity contribution in [2.45, 2.75) is 83.1 Å². The Hall–Kier alpha value is -11.7. The Morgan fingerprint density at radius 1 is 0.186 bits per heavy atom. The summed E-state index contributed by atoms with van der Waals surface area (Å²) in [5.74, 6) is 8.79. The molecule has 0 aromatic heterocycles. The summed E-state index contributed by atoms with van der Waals surface area (Å²) in [5.41, 5.74) is 32.4. The molecular formula is C90H72B3N3O6. The van der Waals surface area contributed by atoms with Crippen LogP contribution in [0, 0.1) is 83.1 Å². The molecule has 12 heteroatoms. The molecule has 0 aliphatic carbocycles. The van der Waals surface area contributed by atoms with Gasteiger partial charge in [-0.25, -0.2) is 0 Å². The number of rotatable bonds is 9. The summed E-state index contributed by atoms with van der Waals surface area (Å²) in [5, 5.41) is 0. The topological polar surface area (TPSA) is 65.1 Å². The van der Waals surface area contributed by atoms with Gasteiger partial charge < -0.3 is 43.1 Å². The first-order chi connectivity index (χ1) is 49.5. The summed E-state index contributed by atoms with van der Waals surface area (Å²) in [7, 11) is 0. The number of nitrogens with zero attached hydrogens (tertiary/aromatic N) is 3. The smallest absolute Gasteiger partial charge is 0.260 e. The second-order valence-corrected chi connectivity index (χ2v) is 28.9. The molecule has 0 radical (unpaired) electrons. The van der Waals surface area contributed by atoms with Gasteiger partial charge in [-0.15, -0.1) is 0 Å². The molecule has 0 atom stereocenters. The molecule has 0 spiro atoms. The molecule has 6 aliphatic rings. The molecule has 0 N–H and O–H groups in total. The van der Waals surface area contributed by atoms with Gasteiger partial charge in [0.15, 0.2) is 0 Å². The number of benzene rings is 13. The highest BCUT2D eigenvalue weighted by Gasteiger charge is 2.49. The molecular weight excluding hydrogens is 1250 g/mol. The van der Waals surface area contributed by atoms with Crippen LogP contribution in [0.2, 0.25) is 0 Å². The van der Waals surface area contributed by atoms with E-state index in [0.29, 0.717) is 34.5 Å². The number of anilines is 9. The van der Waals surface area contributed by atoms with E-state index in [-0.39, 0.29) is 20.1 Å². The van der Waals surface area contributed by atoms with E-state index in [1.54, 1.807) is 0 Å². The van der Waals surface area contributed by atoms with Crippen LogP contribution in [0.15, 0.2) is 218 Å². The van der Waals surface area contributed by atoms with E-state index in [1.807, 2.05) is 0 Å². The van der Waals surface area contributed by atoms with Crippen LogP contribution in [-0.2, 0) is 0 Å². The number of aryl methyl sites for hydroxylation is 12. The van der Waals surface area contributed by atoms with Crippen molar-refractivity contribution >= 4 is 120 Å². The lowest BCUT2D eigenvalue weighted by Gasteiger charge is -2.39. The zero-order valence-electron chi connectivity index (χ0n) is 59.3. The third-order valence-electron chi connectivity index (χ3n) is 22.2.